The van der Waals surface area contributed by atoms with E-state index in [0.717, 1.165) is 21.4 Å². The molecule has 0 fully saturated rings. The van der Waals surface area contributed by atoms with Crippen LogP contribution in [0.2, 0.25) is 0 Å². The number of halogens is 1. The summed E-state index contributed by atoms with van der Waals surface area (Å²) < 4.78 is 1.06. The number of aromatic nitrogens is 1. The van der Waals surface area contributed by atoms with Gasteiger partial charge in [0.2, 0.25) is 5.91 Å². The first-order valence-corrected chi connectivity index (χ1v) is 9.39. The van der Waals surface area contributed by atoms with Gasteiger partial charge in [-0.05, 0) is 54.8 Å². The molecule has 1 aliphatic rings. The van der Waals surface area contributed by atoms with Gasteiger partial charge in [0.1, 0.15) is 5.54 Å². The van der Waals surface area contributed by atoms with Crippen LogP contribution in [0.3, 0.4) is 0 Å². The van der Waals surface area contributed by atoms with Crippen molar-refractivity contribution in [3.8, 4) is 0 Å². The van der Waals surface area contributed by atoms with E-state index >= 15 is 0 Å². The molecular weight excluding hydrogens is 374 g/mol. The fourth-order valence-electron chi connectivity index (χ4n) is 2.83. The van der Waals surface area contributed by atoms with Crippen LogP contribution < -0.4 is 11.1 Å². The molecule has 4 nitrogen and oxygen atoms in total. The molecule has 0 bridgehead atoms. The topological polar surface area (TPSA) is 68.0 Å². The summed E-state index contributed by atoms with van der Waals surface area (Å²) in [5.41, 5.74) is 8.64. The highest BCUT2D eigenvalue weighted by Gasteiger charge is 2.37. The second-order valence-corrected chi connectivity index (χ2v) is 7.61. The lowest BCUT2D eigenvalue weighted by atomic mass is 9.78. The van der Waals surface area contributed by atoms with Gasteiger partial charge < -0.3 is 11.1 Å². The molecule has 3 rings (SSSR count). The number of nitrogens with one attached hydrogen (secondary N) is 1. The largest absolute Gasteiger partial charge is 0.323 e. The van der Waals surface area contributed by atoms with Gasteiger partial charge in [-0.25, -0.2) is 0 Å². The van der Waals surface area contributed by atoms with E-state index in [1.54, 1.807) is 24.2 Å². The van der Waals surface area contributed by atoms with Gasteiger partial charge in [-0.3, -0.25) is 9.78 Å². The molecule has 0 spiro atoms. The lowest BCUT2D eigenvalue weighted by molar-refractivity contribution is -0.121. The minimum absolute atomic E-state index is 0.147. The maximum Gasteiger partial charge on any atom is 0.244 e. The van der Waals surface area contributed by atoms with E-state index in [2.05, 4.69) is 32.3 Å². The van der Waals surface area contributed by atoms with E-state index in [1.165, 1.54) is 5.56 Å². The summed E-state index contributed by atoms with van der Waals surface area (Å²) in [4.78, 5) is 17.8. The number of nitrogens with two attached hydrogens (primary N) is 1. The predicted octanol–water partition coefficient (Wildman–Crippen LogP) is 3.39. The summed E-state index contributed by atoms with van der Waals surface area (Å²) in [7, 11) is 0. The highest BCUT2D eigenvalue weighted by Crippen LogP contribution is 2.30. The lowest BCUT2D eigenvalue weighted by Gasteiger charge is -2.33. The number of anilines is 1. The fraction of sp³-hybridized carbons (Fsp3) is 0.294. The summed E-state index contributed by atoms with van der Waals surface area (Å²) in [6.07, 6.45) is 7.39. The average Bonchev–Trinajstić information content (AvgIpc) is 2.55. The van der Waals surface area contributed by atoms with Gasteiger partial charge in [0, 0.05) is 15.6 Å². The Balaban J connectivity index is 1.78. The van der Waals surface area contributed by atoms with Crippen molar-refractivity contribution in [2.24, 2.45) is 5.73 Å². The number of hydrogen-bond acceptors (Lipinski definition) is 4. The Morgan fingerprint density at radius 1 is 1.35 bits per heavy atom. The van der Waals surface area contributed by atoms with Gasteiger partial charge in [0.15, 0.2) is 0 Å². The van der Waals surface area contributed by atoms with Crippen LogP contribution in [0, 0.1) is 0 Å². The molecule has 23 heavy (non-hydrogen) atoms. The number of fused-ring (bicyclic) bond motifs is 1. The van der Waals surface area contributed by atoms with Gasteiger partial charge in [-0.2, -0.15) is 0 Å². The van der Waals surface area contributed by atoms with Crippen LogP contribution in [0.4, 0.5) is 5.69 Å². The monoisotopic (exact) mass is 391 g/mol. The Kier molecular flexibility index (Phi) is 4.75. The molecule has 1 heterocycles. The highest BCUT2D eigenvalue weighted by atomic mass is 79.9. The van der Waals surface area contributed by atoms with Crippen LogP contribution in [0.1, 0.15) is 17.5 Å². The molecule has 1 aromatic carbocycles. The third-order valence-electron chi connectivity index (χ3n) is 4.17. The first-order valence-electron chi connectivity index (χ1n) is 7.37. The standard InChI is InChI=1S/C17H18BrN3OS/c1-23-15-7-14(9-20-10-15)21-16(22)17(19)5-4-11-6-13(18)3-2-12(11)8-17/h2-3,6-7,9-10H,4-5,8,19H2,1H3,(H,21,22). The van der Waals surface area contributed by atoms with Crippen molar-refractivity contribution in [3.05, 3.63) is 52.3 Å². The second-order valence-electron chi connectivity index (χ2n) is 5.81. The molecule has 1 amide bonds. The first kappa shape index (κ1) is 16.5. The molecular formula is C17H18BrN3OS. The van der Waals surface area contributed by atoms with Crippen molar-refractivity contribution < 1.29 is 4.79 Å². The molecule has 120 valence electrons. The Morgan fingerprint density at radius 2 is 2.17 bits per heavy atom. The molecule has 2 aromatic rings. The Morgan fingerprint density at radius 3 is 2.96 bits per heavy atom. The van der Waals surface area contributed by atoms with Crippen molar-refractivity contribution in [2.75, 3.05) is 11.6 Å². The number of aryl methyl sites for hydroxylation is 1. The zero-order valence-corrected chi connectivity index (χ0v) is 15.2. The molecule has 1 aromatic heterocycles. The molecule has 1 aliphatic carbocycles. The molecule has 0 saturated heterocycles. The third kappa shape index (κ3) is 3.59. The van der Waals surface area contributed by atoms with Crippen molar-refractivity contribution in [1.82, 2.24) is 4.98 Å². The van der Waals surface area contributed by atoms with Crippen molar-refractivity contribution >= 4 is 39.3 Å². The molecule has 6 heteroatoms. The number of thioether (sulfide) groups is 1. The number of amides is 1. The zero-order valence-electron chi connectivity index (χ0n) is 12.8. The SMILES string of the molecule is CSc1cncc(NC(=O)C2(N)CCc3cc(Br)ccc3C2)c1. The van der Waals surface area contributed by atoms with E-state index in [4.69, 9.17) is 5.73 Å². The molecule has 1 unspecified atom stereocenters. The van der Waals surface area contributed by atoms with E-state index in [-0.39, 0.29) is 5.91 Å². The number of carbonyl (C=O) groups excluding carboxylic acids is 1. The Hall–Kier alpha value is -1.37. The molecule has 0 aliphatic heterocycles. The van der Waals surface area contributed by atoms with Crippen LogP contribution in [-0.4, -0.2) is 22.7 Å². The van der Waals surface area contributed by atoms with Crippen molar-refractivity contribution in [2.45, 2.75) is 29.7 Å². The van der Waals surface area contributed by atoms with Crippen LogP contribution in [0.5, 0.6) is 0 Å². The Bertz CT molecular complexity index is 752. The minimum atomic E-state index is -0.879. The van der Waals surface area contributed by atoms with E-state index in [0.29, 0.717) is 18.5 Å². The quantitative estimate of drug-likeness (QED) is 0.786. The van der Waals surface area contributed by atoms with Crippen molar-refractivity contribution in [1.29, 1.82) is 0 Å². The first-order chi connectivity index (χ1) is 11.0. The smallest absolute Gasteiger partial charge is 0.244 e. The minimum Gasteiger partial charge on any atom is -0.323 e. The van der Waals surface area contributed by atoms with E-state index in [9.17, 15) is 4.79 Å². The van der Waals surface area contributed by atoms with Gasteiger partial charge in [-0.1, -0.05) is 22.0 Å². The number of rotatable bonds is 3. The summed E-state index contributed by atoms with van der Waals surface area (Å²) in [6.45, 7) is 0. The van der Waals surface area contributed by atoms with E-state index < -0.39 is 5.54 Å². The van der Waals surface area contributed by atoms with Gasteiger partial charge in [0.05, 0.1) is 11.9 Å². The molecule has 3 N–H and O–H groups in total. The van der Waals surface area contributed by atoms with Crippen molar-refractivity contribution in [3.63, 3.8) is 0 Å². The van der Waals surface area contributed by atoms with Crippen LogP contribution in [-0.2, 0) is 17.6 Å². The summed E-state index contributed by atoms with van der Waals surface area (Å²) in [5, 5.41) is 2.92. The average molecular weight is 392 g/mol. The Labute approximate surface area is 148 Å². The van der Waals surface area contributed by atoms with E-state index in [1.807, 2.05) is 24.5 Å². The fourth-order valence-corrected chi connectivity index (χ4v) is 3.65. The van der Waals surface area contributed by atoms with Crippen LogP contribution in [0.15, 0.2) is 46.0 Å². The highest BCUT2D eigenvalue weighted by molar-refractivity contribution is 9.10. The number of hydrogen-bond donors (Lipinski definition) is 2. The van der Waals surface area contributed by atoms with Crippen LogP contribution >= 0.6 is 27.7 Å². The molecule has 0 radical (unpaired) electrons. The summed E-state index contributed by atoms with van der Waals surface area (Å²) in [6, 6.07) is 8.06. The predicted molar refractivity (Wildman–Crippen MR) is 97.7 cm³/mol. The maximum absolute atomic E-state index is 12.7. The van der Waals surface area contributed by atoms with Crippen LogP contribution in [0.25, 0.3) is 0 Å². The van der Waals surface area contributed by atoms with Gasteiger partial charge >= 0.3 is 0 Å². The molecule has 0 saturated carbocycles. The summed E-state index contributed by atoms with van der Waals surface area (Å²) >= 11 is 5.07. The number of carbonyl (C=O) groups is 1. The van der Waals surface area contributed by atoms with Gasteiger partial charge in [-0.15, -0.1) is 11.8 Å². The zero-order chi connectivity index (χ0) is 16.4. The lowest BCUT2D eigenvalue weighted by Crippen LogP contribution is -2.54. The number of pyridine rings is 1. The number of nitrogens with zero attached hydrogens (tertiary/aromatic N) is 1. The maximum atomic E-state index is 12.7. The second kappa shape index (κ2) is 6.63. The normalized spacial score (nSPS) is 20.0. The summed E-state index contributed by atoms with van der Waals surface area (Å²) in [5.74, 6) is -0.147. The third-order valence-corrected chi connectivity index (χ3v) is 5.36. The number of benzene rings is 1. The van der Waals surface area contributed by atoms with Gasteiger partial charge in [0.25, 0.3) is 0 Å². The molecule has 1 atom stereocenters.